The fourth-order valence-corrected chi connectivity index (χ4v) is 4.11. The second kappa shape index (κ2) is 11.0. The molecule has 0 aliphatic carbocycles. The number of ketones is 1. The van der Waals surface area contributed by atoms with Crippen LogP contribution in [0.1, 0.15) is 42.7 Å². The molecule has 2 saturated heterocycles. The number of ether oxygens (including phenoxy) is 5. The van der Waals surface area contributed by atoms with E-state index in [0.717, 1.165) is 0 Å². The molecule has 0 saturated carbocycles. The average Bonchev–Trinajstić information content (AvgIpc) is 3.38. The van der Waals surface area contributed by atoms with Gasteiger partial charge in [-0.2, -0.15) is 0 Å². The molecule has 3 heterocycles. The molecule has 11 nitrogen and oxygen atoms in total. The summed E-state index contributed by atoms with van der Waals surface area (Å²) in [7, 11) is 0. The van der Waals surface area contributed by atoms with Crippen LogP contribution in [0, 0.1) is 0 Å². The van der Waals surface area contributed by atoms with E-state index < -0.39 is 55.4 Å². The van der Waals surface area contributed by atoms with Gasteiger partial charge < -0.3 is 38.5 Å². The Bertz CT molecular complexity index is 1040. The van der Waals surface area contributed by atoms with Crippen molar-refractivity contribution >= 4 is 17.7 Å². The van der Waals surface area contributed by atoms with Crippen LogP contribution < -0.4 is 10.1 Å². The van der Waals surface area contributed by atoms with E-state index in [1.54, 1.807) is 43.3 Å². The molecule has 0 radical (unpaired) electrons. The molecule has 188 valence electrons. The van der Waals surface area contributed by atoms with Gasteiger partial charge in [-0.1, -0.05) is 19.1 Å². The summed E-state index contributed by atoms with van der Waals surface area (Å²) in [5.74, 6) is -1.06. The number of carboxylic acids is 1. The Balaban J connectivity index is 1.65. The van der Waals surface area contributed by atoms with E-state index in [1.165, 1.54) is 13.2 Å². The fourth-order valence-electron chi connectivity index (χ4n) is 4.11. The minimum Gasteiger partial charge on any atom is -0.480 e. The number of carbonyl (C=O) groups is 3. The van der Waals surface area contributed by atoms with E-state index in [2.05, 4.69) is 5.32 Å². The van der Waals surface area contributed by atoms with E-state index in [0.29, 0.717) is 11.3 Å². The molecule has 2 N–H and O–H groups in total. The van der Waals surface area contributed by atoms with Crippen molar-refractivity contribution in [3.8, 4) is 5.75 Å². The van der Waals surface area contributed by atoms with Crippen molar-refractivity contribution < 1.29 is 47.6 Å². The molecular weight excluding hydrogens is 462 g/mol. The van der Waals surface area contributed by atoms with Gasteiger partial charge in [-0.25, -0.2) is 4.79 Å². The monoisotopic (exact) mass is 489 g/mol. The number of hydrogen-bond acceptors (Lipinski definition) is 9. The summed E-state index contributed by atoms with van der Waals surface area (Å²) in [4.78, 5) is 35.8. The van der Waals surface area contributed by atoms with Crippen LogP contribution in [0.15, 0.2) is 47.1 Å². The highest BCUT2D eigenvalue weighted by atomic mass is 16.8. The topological polar surface area (TPSA) is 143 Å². The van der Waals surface area contributed by atoms with Crippen molar-refractivity contribution in [3.05, 3.63) is 54.0 Å². The second-order valence-electron chi connectivity index (χ2n) is 8.11. The standard InChI is InChI=1S/C24H27NO10/c1-3-15(27)14-7-4-5-8-16(14)33-24-20(25-13(2)26)22(31-12-19(28)29)21-18(34-24)11-32-23(35-21)17-9-6-10-30-17/h4-10,18,20-24H,3,11-12H2,1-2H3,(H,25,26)(H,28,29). The lowest BCUT2D eigenvalue weighted by Crippen LogP contribution is -2.68. The number of hydrogen-bond donors (Lipinski definition) is 2. The Hall–Kier alpha value is -3.25. The number of aliphatic carboxylic acids is 1. The highest BCUT2D eigenvalue weighted by Crippen LogP contribution is 2.36. The van der Waals surface area contributed by atoms with Gasteiger partial charge in [-0.3, -0.25) is 9.59 Å². The molecule has 2 aliphatic rings. The van der Waals surface area contributed by atoms with E-state index in [4.69, 9.17) is 28.1 Å². The number of para-hydroxylation sites is 1. The first kappa shape index (κ1) is 24.9. The van der Waals surface area contributed by atoms with Gasteiger partial charge in [0.25, 0.3) is 0 Å². The summed E-state index contributed by atoms with van der Waals surface area (Å²) in [5.41, 5.74) is 0.360. The van der Waals surface area contributed by atoms with Gasteiger partial charge in [0.2, 0.25) is 18.5 Å². The van der Waals surface area contributed by atoms with Gasteiger partial charge in [0.05, 0.1) is 18.4 Å². The Labute approximate surface area is 201 Å². The van der Waals surface area contributed by atoms with Crippen molar-refractivity contribution in [2.75, 3.05) is 13.2 Å². The third kappa shape index (κ3) is 5.70. The summed E-state index contributed by atoms with van der Waals surface area (Å²) >= 11 is 0. The number of carboxylic acid groups (broad SMARTS) is 1. The van der Waals surface area contributed by atoms with Gasteiger partial charge in [0, 0.05) is 13.3 Å². The lowest BCUT2D eigenvalue weighted by atomic mass is 9.95. The Kier molecular flexibility index (Phi) is 7.81. The first-order chi connectivity index (χ1) is 16.9. The molecule has 2 aliphatic heterocycles. The van der Waals surface area contributed by atoms with Crippen LogP contribution in [0.2, 0.25) is 0 Å². The van der Waals surface area contributed by atoms with Gasteiger partial charge in [0.1, 0.15) is 36.7 Å². The highest BCUT2D eigenvalue weighted by Gasteiger charge is 2.52. The average molecular weight is 489 g/mol. The lowest BCUT2D eigenvalue weighted by Gasteiger charge is -2.48. The fraction of sp³-hybridized carbons (Fsp3) is 0.458. The maximum absolute atomic E-state index is 12.4. The quantitative estimate of drug-likeness (QED) is 0.503. The maximum Gasteiger partial charge on any atom is 0.329 e. The third-order valence-electron chi connectivity index (χ3n) is 5.64. The molecule has 35 heavy (non-hydrogen) atoms. The highest BCUT2D eigenvalue weighted by molar-refractivity contribution is 5.98. The minimum atomic E-state index is -1.19. The Morgan fingerprint density at radius 2 is 1.94 bits per heavy atom. The van der Waals surface area contributed by atoms with Crippen molar-refractivity contribution in [1.29, 1.82) is 0 Å². The number of benzene rings is 1. The van der Waals surface area contributed by atoms with Gasteiger partial charge >= 0.3 is 5.97 Å². The number of rotatable bonds is 9. The first-order valence-corrected chi connectivity index (χ1v) is 11.2. The van der Waals surface area contributed by atoms with Crippen LogP contribution in [0.4, 0.5) is 0 Å². The predicted octanol–water partition coefficient (Wildman–Crippen LogP) is 2.06. The molecule has 1 aromatic carbocycles. The Morgan fingerprint density at radius 1 is 1.14 bits per heavy atom. The van der Waals surface area contributed by atoms with E-state index in [-0.39, 0.29) is 24.6 Å². The maximum atomic E-state index is 12.4. The molecule has 1 aromatic heterocycles. The first-order valence-electron chi connectivity index (χ1n) is 11.2. The van der Waals surface area contributed by atoms with Crippen LogP contribution in [0.5, 0.6) is 5.75 Å². The van der Waals surface area contributed by atoms with Crippen molar-refractivity contribution in [2.45, 2.75) is 57.2 Å². The largest absolute Gasteiger partial charge is 0.480 e. The number of Topliss-reactive ketones (excluding diaryl/α,β-unsaturated/α-hetero) is 1. The summed E-state index contributed by atoms with van der Waals surface area (Å²) in [6, 6.07) is 9.09. The van der Waals surface area contributed by atoms with Crippen molar-refractivity contribution in [1.82, 2.24) is 5.32 Å². The predicted molar refractivity (Wildman–Crippen MR) is 118 cm³/mol. The zero-order valence-electron chi connectivity index (χ0n) is 19.2. The van der Waals surface area contributed by atoms with E-state index >= 15 is 0 Å². The van der Waals surface area contributed by atoms with Crippen LogP contribution in [-0.4, -0.2) is 66.6 Å². The van der Waals surface area contributed by atoms with Crippen molar-refractivity contribution in [2.24, 2.45) is 0 Å². The van der Waals surface area contributed by atoms with Crippen LogP contribution in [0.3, 0.4) is 0 Å². The molecule has 1 amide bonds. The lowest BCUT2D eigenvalue weighted by molar-refractivity contribution is -0.340. The van der Waals surface area contributed by atoms with Crippen molar-refractivity contribution in [3.63, 3.8) is 0 Å². The SMILES string of the molecule is CCC(=O)c1ccccc1OC1OC2COC(c3ccco3)OC2C(OCC(=O)O)C1NC(C)=O. The molecule has 6 unspecified atom stereocenters. The molecule has 4 rings (SSSR count). The summed E-state index contributed by atoms with van der Waals surface area (Å²) in [6.07, 6.45) is -2.77. The van der Waals surface area contributed by atoms with E-state index in [1.807, 2.05) is 0 Å². The van der Waals surface area contributed by atoms with Crippen LogP contribution in [-0.2, 0) is 28.5 Å². The third-order valence-corrected chi connectivity index (χ3v) is 5.64. The summed E-state index contributed by atoms with van der Waals surface area (Å²) < 4.78 is 35.1. The smallest absolute Gasteiger partial charge is 0.329 e. The molecule has 11 heteroatoms. The zero-order chi connectivity index (χ0) is 24.9. The number of furan rings is 1. The minimum absolute atomic E-state index is 0.0607. The van der Waals surface area contributed by atoms with E-state index in [9.17, 15) is 19.5 Å². The molecule has 0 bridgehead atoms. The summed E-state index contributed by atoms with van der Waals surface area (Å²) in [6.45, 7) is 2.47. The van der Waals surface area contributed by atoms with Crippen LogP contribution >= 0.6 is 0 Å². The van der Waals surface area contributed by atoms with Gasteiger partial charge in [-0.05, 0) is 24.3 Å². The molecule has 2 aromatic rings. The van der Waals surface area contributed by atoms with Gasteiger partial charge in [0.15, 0.2) is 11.5 Å². The zero-order valence-corrected chi connectivity index (χ0v) is 19.2. The summed E-state index contributed by atoms with van der Waals surface area (Å²) in [5, 5.41) is 12.0. The number of amides is 1. The van der Waals surface area contributed by atoms with Gasteiger partial charge in [-0.15, -0.1) is 0 Å². The Morgan fingerprint density at radius 3 is 2.63 bits per heavy atom. The molecular formula is C24H27NO10. The molecule has 6 atom stereocenters. The normalized spacial score (nSPS) is 28.1. The molecule has 0 spiro atoms. The second-order valence-corrected chi connectivity index (χ2v) is 8.11. The number of carbonyl (C=O) groups excluding carboxylic acids is 2. The number of nitrogens with one attached hydrogen (secondary N) is 1. The number of fused-ring (bicyclic) bond motifs is 1. The molecule has 2 fully saturated rings. The van der Waals surface area contributed by atoms with Crippen LogP contribution in [0.25, 0.3) is 0 Å².